The van der Waals surface area contributed by atoms with E-state index in [0.717, 1.165) is 5.75 Å². The van der Waals surface area contributed by atoms with Crippen LogP contribution in [0.15, 0.2) is 30.3 Å². The Morgan fingerprint density at radius 2 is 2.08 bits per heavy atom. The number of benzene rings is 1. The summed E-state index contributed by atoms with van der Waals surface area (Å²) in [5, 5.41) is 8.87. The van der Waals surface area contributed by atoms with Gasteiger partial charge in [0.2, 0.25) is 0 Å². The van der Waals surface area contributed by atoms with Crippen LogP contribution in [0.5, 0.6) is 5.75 Å². The van der Waals surface area contributed by atoms with Crippen molar-refractivity contribution in [3.05, 3.63) is 30.3 Å². The summed E-state index contributed by atoms with van der Waals surface area (Å²) >= 11 is 0. The van der Waals surface area contributed by atoms with Gasteiger partial charge in [-0.25, -0.2) is 0 Å². The molecule has 1 N–H and O–H groups in total. The van der Waals surface area contributed by atoms with Crippen molar-refractivity contribution < 1.29 is 14.4 Å². The summed E-state index contributed by atoms with van der Waals surface area (Å²) in [6.07, 6.45) is -0.445. The van der Waals surface area contributed by atoms with E-state index in [1.807, 2.05) is 30.3 Å². The SMILES string of the molecule is CC(O)COBOc1ccccc1. The Labute approximate surface area is 78.6 Å². The van der Waals surface area contributed by atoms with Crippen LogP contribution in [0.4, 0.5) is 0 Å². The van der Waals surface area contributed by atoms with Crippen LogP contribution in [0.1, 0.15) is 6.92 Å². The van der Waals surface area contributed by atoms with Gasteiger partial charge in [-0.3, -0.25) is 0 Å². The van der Waals surface area contributed by atoms with Gasteiger partial charge in [-0.2, -0.15) is 0 Å². The van der Waals surface area contributed by atoms with Gasteiger partial charge in [-0.05, 0) is 19.1 Å². The predicted molar refractivity (Wildman–Crippen MR) is 51.9 cm³/mol. The highest BCUT2D eigenvalue weighted by molar-refractivity contribution is 6.19. The number of aliphatic hydroxyl groups is 1. The molecular formula is C9H13BO3. The minimum atomic E-state index is -0.445. The molecule has 0 radical (unpaired) electrons. The molecule has 4 heteroatoms. The highest BCUT2D eigenvalue weighted by atomic mass is 16.6. The van der Waals surface area contributed by atoms with Crippen molar-refractivity contribution in [1.82, 2.24) is 0 Å². The normalized spacial score (nSPS) is 12.2. The molecule has 0 saturated carbocycles. The fraction of sp³-hybridized carbons (Fsp3) is 0.333. The van der Waals surface area contributed by atoms with E-state index in [2.05, 4.69) is 0 Å². The Balaban J connectivity index is 2.13. The van der Waals surface area contributed by atoms with Crippen molar-refractivity contribution in [3.8, 4) is 5.75 Å². The number of rotatable bonds is 5. The Kier molecular flexibility index (Phi) is 4.36. The molecule has 0 heterocycles. The van der Waals surface area contributed by atoms with Crippen LogP contribution in [0.25, 0.3) is 0 Å². The van der Waals surface area contributed by atoms with Crippen LogP contribution in [-0.2, 0) is 4.65 Å². The summed E-state index contributed by atoms with van der Waals surface area (Å²) in [7, 11) is 0.176. The van der Waals surface area contributed by atoms with Gasteiger partial charge in [0.1, 0.15) is 5.75 Å². The van der Waals surface area contributed by atoms with E-state index in [0.29, 0.717) is 6.61 Å². The fourth-order valence-corrected chi connectivity index (χ4v) is 0.845. The van der Waals surface area contributed by atoms with Crippen LogP contribution in [0.2, 0.25) is 0 Å². The van der Waals surface area contributed by atoms with E-state index in [9.17, 15) is 0 Å². The first-order valence-corrected chi connectivity index (χ1v) is 4.22. The Morgan fingerprint density at radius 1 is 1.38 bits per heavy atom. The van der Waals surface area contributed by atoms with E-state index < -0.39 is 6.10 Å². The maximum Gasteiger partial charge on any atom is 0.506 e. The average molecular weight is 180 g/mol. The summed E-state index contributed by atoms with van der Waals surface area (Å²) in [5.41, 5.74) is 0. The maximum atomic E-state index is 8.87. The highest BCUT2D eigenvalue weighted by Crippen LogP contribution is 2.06. The van der Waals surface area contributed by atoms with Crippen molar-refractivity contribution >= 4 is 7.69 Å². The van der Waals surface area contributed by atoms with Gasteiger partial charge in [0.25, 0.3) is 0 Å². The van der Waals surface area contributed by atoms with E-state index in [1.165, 1.54) is 0 Å². The molecule has 0 aliphatic carbocycles. The lowest BCUT2D eigenvalue weighted by Gasteiger charge is -2.06. The van der Waals surface area contributed by atoms with Crippen LogP contribution in [0, 0.1) is 0 Å². The number of hydrogen-bond donors (Lipinski definition) is 1. The lowest BCUT2D eigenvalue weighted by Crippen LogP contribution is -2.16. The molecular weight excluding hydrogens is 167 g/mol. The molecule has 70 valence electrons. The quantitative estimate of drug-likeness (QED) is 0.536. The van der Waals surface area contributed by atoms with Crippen LogP contribution in [-0.4, -0.2) is 25.5 Å². The van der Waals surface area contributed by atoms with Gasteiger partial charge in [-0.15, -0.1) is 0 Å². The number of para-hydroxylation sites is 1. The molecule has 1 aromatic rings. The maximum absolute atomic E-state index is 8.87. The summed E-state index contributed by atoms with van der Waals surface area (Å²) in [5.74, 6) is 0.771. The summed E-state index contributed by atoms with van der Waals surface area (Å²) < 4.78 is 10.2. The highest BCUT2D eigenvalue weighted by Gasteiger charge is 1.98. The van der Waals surface area contributed by atoms with Crippen LogP contribution >= 0.6 is 0 Å². The van der Waals surface area contributed by atoms with Crippen molar-refractivity contribution in [3.63, 3.8) is 0 Å². The average Bonchev–Trinajstić information content (AvgIpc) is 2.14. The van der Waals surface area contributed by atoms with Gasteiger partial charge in [-0.1, -0.05) is 18.2 Å². The molecule has 0 spiro atoms. The Bertz CT molecular complexity index is 226. The van der Waals surface area contributed by atoms with Crippen molar-refractivity contribution in [1.29, 1.82) is 0 Å². The molecule has 0 amide bonds. The first-order valence-electron chi connectivity index (χ1n) is 4.22. The summed E-state index contributed by atoms with van der Waals surface area (Å²) in [4.78, 5) is 0. The van der Waals surface area contributed by atoms with E-state index in [1.54, 1.807) is 6.92 Å². The molecule has 0 bridgehead atoms. The minimum Gasteiger partial charge on any atom is -0.539 e. The third-order valence-electron chi connectivity index (χ3n) is 1.41. The zero-order valence-electron chi connectivity index (χ0n) is 7.64. The van der Waals surface area contributed by atoms with Crippen LogP contribution in [0.3, 0.4) is 0 Å². The molecule has 0 fully saturated rings. The molecule has 0 aromatic heterocycles. The second kappa shape index (κ2) is 5.62. The van der Waals surface area contributed by atoms with Gasteiger partial charge < -0.3 is 14.4 Å². The lowest BCUT2D eigenvalue weighted by atomic mass is 10.3. The summed E-state index contributed by atoms with van der Waals surface area (Å²) in [6.45, 7) is 1.97. The smallest absolute Gasteiger partial charge is 0.506 e. The molecule has 0 aliphatic heterocycles. The molecule has 13 heavy (non-hydrogen) atoms. The van der Waals surface area contributed by atoms with E-state index >= 15 is 0 Å². The second-order valence-electron chi connectivity index (χ2n) is 2.80. The van der Waals surface area contributed by atoms with Gasteiger partial charge in [0.05, 0.1) is 12.7 Å². The molecule has 1 atom stereocenters. The third-order valence-corrected chi connectivity index (χ3v) is 1.41. The molecule has 0 saturated heterocycles. The molecule has 1 rings (SSSR count). The second-order valence-corrected chi connectivity index (χ2v) is 2.80. The third kappa shape index (κ3) is 4.55. The Hall–Kier alpha value is -0.995. The largest absolute Gasteiger partial charge is 0.539 e. The zero-order chi connectivity index (χ0) is 9.52. The fourth-order valence-electron chi connectivity index (χ4n) is 0.845. The van der Waals surface area contributed by atoms with E-state index in [4.69, 9.17) is 14.4 Å². The number of hydrogen-bond acceptors (Lipinski definition) is 3. The predicted octanol–water partition coefficient (Wildman–Crippen LogP) is 0.729. The van der Waals surface area contributed by atoms with E-state index in [-0.39, 0.29) is 7.69 Å². The van der Waals surface area contributed by atoms with Crippen molar-refractivity contribution in [2.45, 2.75) is 13.0 Å². The van der Waals surface area contributed by atoms with Crippen molar-refractivity contribution in [2.75, 3.05) is 6.61 Å². The van der Waals surface area contributed by atoms with Gasteiger partial charge >= 0.3 is 7.69 Å². The first kappa shape index (κ1) is 10.1. The molecule has 0 aliphatic rings. The van der Waals surface area contributed by atoms with Gasteiger partial charge in [0, 0.05) is 0 Å². The standard InChI is InChI=1S/C9H13BO3/c1-8(11)7-12-10-13-9-5-3-2-4-6-9/h2-6,8,10-11H,7H2,1H3. The lowest BCUT2D eigenvalue weighted by molar-refractivity contribution is 0.117. The van der Waals surface area contributed by atoms with Gasteiger partial charge in [0.15, 0.2) is 0 Å². The Morgan fingerprint density at radius 3 is 2.69 bits per heavy atom. The topological polar surface area (TPSA) is 38.7 Å². The monoisotopic (exact) mass is 180 g/mol. The zero-order valence-corrected chi connectivity index (χ0v) is 7.64. The van der Waals surface area contributed by atoms with Crippen molar-refractivity contribution in [2.24, 2.45) is 0 Å². The molecule has 3 nitrogen and oxygen atoms in total. The minimum absolute atomic E-state index is 0.176. The van der Waals surface area contributed by atoms with Crippen LogP contribution < -0.4 is 4.65 Å². The summed E-state index contributed by atoms with van der Waals surface area (Å²) in [6, 6.07) is 9.41. The molecule has 1 unspecified atom stereocenters. The number of aliphatic hydroxyl groups excluding tert-OH is 1. The first-order chi connectivity index (χ1) is 6.29. The molecule has 1 aromatic carbocycles.